The summed E-state index contributed by atoms with van der Waals surface area (Å²) in [5.41, 5.74) is 12.0. The van der Waals surface area contributed by atoms with Crippen molar-refractivity contribution in [1.29, 1.82) is 0 Å². The summed E-state index contributed by atoms with van der Waals surface area (Å²) in [4.78, 5) is 2.40. The average molecular weight is 664 g/mol. The van der Waals surface area contributed by atoms with E-state index < -0.39 is 0 Å². The van der Waals surface area contributed by atoms with Crippen LogP contribution in [0, 0.1) is 0 Å². The Labute approximate surface area is 302 Å². The molecule has 9 aromatic carbocycles. The molecule has 10 aromatic rings. The Hall–Kier alpha value is -6.90. The average Bonchev–Trinajstić information content (AvgIpc) is 3.63. The topological polar surface area (TPSA) is 16.4 Å². The highest BCUT2D eigenvalue weighted by Gasteiger charge is 2.24. The molecule has 0 amide bonds. The van der Waals surface area contributed by atoms with Gasteiger partial charge in [0.2, 0.25) is 0 Å². The molecule has 10 rings (SSSR count). The largest absolute Gasteiger partial charge is 0.455 e. The van der Waals surface area contributed by atoms with Crippen LogP contribution in [0.3, 0.4) is 0 Å². The fraction of sp³-hybridized carbons (Fsp3) is 0. The van der Waals surface area contributed by atoms with Gasteiger partial charge in [-0.15, -0.1) is 0 Å². The molecule has 0 N–H and O–H groups in total. The van der Waals surface area contributed by atoms with E-state index in [-0.39, 0.29) is 0 Å². The van der Waals surface area contributed by atoms with Crippen molar-refractivity contribution in [3.63, 3.8) is 0 Å². The van der Waals surface area contributed by atoms with Crippen LogP contribution >= 0.6 is 0 Å². The minimum Gasteiger partial charge on any atom is -0.455 e. The molecule has 0 bridgehead atoms. The maximum Gasteiger partial charge on any atom is 0.143 e. The Morgan fingerprint density at radius 3 is 1.23 bits per heavy atom. The Morgan fingerprint density at radius 1 is 0.308 bits per heavy atom. The van der Waals surface area contributed by atoms with Gasteiger partial charge in [0.1, 0.15) is 11.2 Å². The molecule has 0 saturated heterocycles. The van der Waals surface area contributed by atoms with Crippen LogP contribution in [0.5, 0.6) is 0 Å². The van der Waals surface area contributed by atoms with Gasteiger partial charge in [0.15, 0.2) is 0 Å². The molecule has 0 unspecified atom stereocenters. The maximum absolute atomic E-state index is 7.03. The molecule has 1 heterocycles. The summed E-state index contributed by atoms with van der Waals surface area (Å²) < 4.78 is 7.03. The van der Waals surface area contributed by atoms with Crippen molar-refractivity contribution in [2.24, 2.45) is 0 Å². The molecule has 0 spiro atoms. The zero-order valence-electron chi connectivity index (χ0n) is 28.4. The van der Waals surface area contributed by atoms with Crippen molar-refractivity contribution in [2.75, 3.05) is 4.90 Å². The molecule has 0 saturated carbocycles. The van der Waals surface area contributed by atoms with E-state index in [1.807, 2.05) is 0 Å². The smallest absolute Gasteiger partial charge is 0.143 e. The van der Waals surface area contributed by atoms with E-state index in [2.05, 4.69) is 205 Å². The molecule has 2 nitrogen and oxygen atoms in total. The Kier molecular flexibility index (Phi) is 7.18. The number of hydrogen-bond donors (Lipinski definition) is 0. The lowest BCUT2D eigenvalue weighted by molar-refractivity contribution is 0.673. The van der Waals surface area contributed by atoms with E-state index >= 15 is 0 Å². The van der Waals surface area contributed by atoms with E-state index in [9.17, 15) is 0 Å². The molecule has 0 radical (unpaired) electrons. The molecule has 1 aromatic heterocycles. The minimum atomic E-state index is 0.861. The third kappa shape index (κ3) is 5.04. The Morgan fingerprint density at radius 2 is 0.712 bits per heavy atom. The number of hydrogen-bond acceptors (Lipinski definition) is 2. The second kappa shape index (κ2) is 12.5. The van der Waals surface area contributed by atoms with E-state index in [0.717, 1.165) is 55.5 Å². The molecule has 0 aliphatic rings. The zero-order valence-corrected chi connectivity index (χ0v) is 28.4. The second-order valence-corrected chi connectivity index (χ2v) is 13.3. The van der Waals surface area contributed by atoms with Gasteiger partial charge in [-0.2, -0.15) is 0 Å². The van der Waals surface area contributed by atoms with Crippen LogP contribution in [0.2, 0.25) is 0 Å². The van der Waals surface area contributed by atoms with Gasteiger partial charge in [0.25, 0.3) is 0 Å². The highest BCUT2D eigenvalue weighted by atomic mass is 16.3. The summed E-state index contributed by atoms with van der Waals surface area (Å²) in [6.45, 7) is 0. The molecule has 0 fully saturated rings. The number of fused-ring (bicyclic) bond motifs is 8. The minimum absolute atomic E-state index is 0.861. The van der Waals surface area contributed by atoms with Gasteiger partial charge < -0.3 is 9.32 Å². The van der Waals surface area contributed by atoms with Crippen molar-refractivity contribution >= 4 is 60.5 Å². The molecule has 0 aliphatic heterocycles. The van der Waals surface area contributed by atoms with Gasteiger partial charge in [0.05, 0.1) is 11.1 Å². The van der Waals surface area contributed by atoms with Crippen molar-refractivity contribution < 1.29 is 4.42 Å². The van der Waals surface area contributed by atoms with Crippen LogP contribution in [-0.2, 0) is 0 Å². The summed E-state index contributed by atoms with van der Waals surface area (Å²) in [7, 11) is 0. The highest BCUT2D eigenvalue weighted by Crippen LogP contribution is 2.49. The van der Waals surface area contributed by atoms with Crippen LogP contribution in [0.25, 0.3) is 76.9 Å². The number of rotatable bonds is 6. The highest BCUT2D eigenvalue weighted by molar-refractivity contribution is 6.32. The van der Waals surface area contributed by atoms with Gasteiger partial charge in [-0.25, -0.2) is 0 Å². The van der Waals surface area contributed by atoms with Crippen LogP contribution in [-0.4, -0.2) is 0 Å². The monoisotopic (exact) mass is 663 g/mol. The third-order valence-corrected chi connectivity index (χ3v) is 10.2. The lowest BCUT2D eigenvalue weighted by Crippen LogP contribution is -2.10. The summed E-state index contributed by atoms with van der Waals surface area (Å²) in [5, 5.41) is 6.94. The number of anilines is 3. The summed E-state index contributed by atoms with van der Waals surface area (Å²) in [5.74, 6) is 0. The molecule has 0 atom stereocenters. The molecular formula is C50H33NO. The van der Waals surface area contributed by atoms with Crippen molar-refractivity contribution in [2.45, 2.75) is 0 Å². The summed E-state index contributed by atoms with van der Waals surface area (Å²) >= 11 is 0. The lowest BCUT2D eigenvalue weighted by Gasteiger charge is -2.27. The molecular weight excluding hydrogens is 631 g/mol. The zero-order chi connectivity index (χ0) is 34.4. The van der Waals surface area contributed by atoms with Gasteiger partial charge in [0, 0.05) is 22.1 Å². The van der Waals surface area contributed by atoms with E-state index in [0.29, 0.717) is 0 Å². The summed E-state index contributed by atoms with van der Waals surface area (Å²) in [6.07, 6.45) is 0. The van der Waals surface area contributed by atoms with Crippen LogP contribution in [0.15, 0.2) is 205 Å². The predicted molar refractivity (Wildman–Crippen MR) is 220 cm³/mol. The molecule has 2 heteroatoms. The van der Waals surface area contributed by atoms with E-state index in [4.69, 9.17) is 4.42 Å². The Balaban J connectivity index is 1.29. The fourth-order valence-corrected chi connectivity index (χ4v) is 7.77. The van der Waals surface area contributed by atoms with Crippen LogP contribution < -0.4 is 4.90 Å². The quantitative estimate of drug-likeness (QED) is 0.165. The second-order valence-electron chi connectivity index (χ2n) is 13.3. The third-order valence-electron chi connectivity index (χ3n) is 10.2. The van der Waals surface area contributed by atoms with Crippen molar-refractivity contribution in [3.05, 3.63) is 200 Å². The van der Waals surface area contributed by atoms with Gasteiger partial charge in [-0.1, -0.05) is 164 Å². The van der Waals surface area contributed by atoms with E-state index in [1.54, 1.807) is 0 Å². The Bertz CT molecular complexity index is 2770. The first kappa shape index (κ1) is 30.0. The van der Waals surface area contributed by atoms with Crippen molar-refractivity contribution in [3.8, 4) is 33.4 Å². The van der Waals surface area contributed by atoms with Gasteiger partial charge >= 0.3 is 0 Å². The number of furan rings is 1. The van der Waals surface area contributed by atoms with Crippen molar-refractivity contribution in [1.82, 2.24) is 0 Å². The van der Waals surface area contributed by atoms with Crippen LogP contribution in [0.4, 0.5) is 17.1 Å². The van der Waals surface area contributed by atoms with Gasteiger partial charge in [-0.05, 0) is 85.9 Å². The molecule has 0 aliphatic carbocycles. The van der Waals surface area contributed by atoms with Crippen LogP contribution in [0.1, 0.15) is 0 Å². The first-order valence-corrected chi connectivity index (χ1v) is 17.8. The fourth-order valence-electron chi connectivity index (χ4n) is 7.77. The first-order valence-electron chi connectivity index (χ1n) is 17.8. The van der Waals surface area contributed by atoms with Gasteiger partial charge in [-0.3, -0.25) is 0 Å². The van der Waals surface area contributed by atoms with E-state index in [1.165, 1.54) is 38.4 Å². The molecule has 244 valence electrons. The standard InChI is InChI=1S/C50H33NO/c1-4-14-34(15-5-1)37-24-28-40(29-25-37)51(41-30-26-38(27-31-41)35-16-6-2-7-17-35)46-32-39(36-18-8-3-9-19-36)33-47-49(46)48-44-22-12-10-20-42(44)43-21-11-13-23-45(43)50(48)52-47/h1-33H. The first-order chi connectivity index (χ1) is 25.8. The molecule has 52 heavy (non-hydrogen) atoms. The predicted octanol–water partition coefficient (Wildman–Crippen LogP) is 14.4. The SMILES string of the molecule is c1ccc(-c2ccc(N(c3ccc(-c4ccccc4)cc3)c3cc(-c4ccccc4)cc4oc5c6ccccc6c6ccccc6c5c34)cc2)cc1. The number of benzene rings is 9. The maximum atomic E-state index is 7.03. The summed E-state index contributed by atoms with van der Waals surface area (Å²) in [6, 6.07) is 71.5. The normalized spacial score (nSPS) is 11.5. The lowest BCUT2D eigenvalue weighted by atomic mass is 9.95. The number of nitrogens with zero attached hydrogens (tertiary/aromatic N) is 1.